The van der Waals surface area contributed by atoms with Crippen LogP contribution in [0.3, 0.4) is 0 Å². The molecule has 0 radical (unpaired) electrons. The number of anilines is 1. The number of nitrogens with zero attached hydrogens (tertiary/aromatic N) is 2. The number of methoxy groups -OCH3 is 2. The summed E-state index contributed by atoms with van der Waals surface area (Å²) in [4.78, 5) is 28.5. The van der Waals surface area contributed by atoms with Crippen molar-refractivity contribution < 1.29 is 19.1 Å². The molecule has 1 saturated heterocycles. The van der Waals surface area contributed by atoms with Crippen LogP contribution in [0, 0.1) is 0 Å². The van der Waals surface area contributed by atoms with E-state index in [-0.39, 0.29) is 6.54 Å². The van der Waals surface area contributed by atoms with Crippen LogP contribution in [0.2, 0.25) is 0 Å². The third kappa shape index (κ3) is 4.54. The first-order chi connectivity index (χ1) is 13.6. The van der Waals surface area contributed by atoms with E-state index in [0.717, 1.165) is 17.0 Å². The number of amides is 2. The van der Waals surface area contributed by atoms with Gasteiger partial charge in [-0.25, -0.2) is 0 Å². The van der Waals surface area contributed by atoms with Crippen molar-refractivity contribution in [2.75, 3.05) is 45.3 Å². The zero-order chi connectivity index (χ0) is 19.9. The Bertz CT molecular complexity index is 815. The van der Waals surface area contributed by atoms with Gasteiger partial charge >= 0.3 is 11.8 Å². The van der Waals surface area contributed by atoms with Crippen molar-refractivity contribution in [1.82, 2.24) is 10.2 Å². The number of para-hydroxylation sites is 1. The van der Waals surface area contributed by atoms with E-state index in [9.17, 15) is 9.59 Å². The molecule has 7 heteroatoms. The lowest BCUT2D eigenvalue weighted by Crippen LogP contribution is -2.52. The number of piperazine rings is 1. The van der Waals surface area contributed by atoms with Gasteiger partial charge in [0.25, 0.3) is 0 Å². The highest BCUT2D eigenvalue weighted by Crippen LogP contribution is 2.20. The Morgan fingerprint density at radius 2 is 1.61 bits per heavy atom. The summed E-state index contributed by atoms with van der Waals surface area (Å²) in [5, 5.41) is 2.69. The summed E-state index contributed by atoms with van der Waals surface area (Å²) in [7, 11) is 3.21. The molecule has 1 N–H and O–H groups in total. The lowest BCUT2D eigenvalue weighted by atomic mass is 10.2. The van der Waals surface area contributed by atoms with Crippen LogP contribution in [-0.4, -0.2) is 57.1 Å². The Morgan fingerprint density at radius 3 is 2.25 bits per heavy atom. The smallest absolute Gasteiger partial charge is 0.312 e. The minimum Gasteiger partial charge on any atom is -0.497 e. The Labute approximate surface area is 164 Å². The lowest BCUT2D eigenvalue weighted by molar-refractivity contribution is -0.146. The van der Waals surface area contributed by atoms with Gasteiger partial charge in [-0.2, -0.15) is 0 Å². The second kappa shape index (κ2) is 9.12. The van der Waals surface area contributed by atoms with E-state index in [1.54, 1.807) is 19.1 Å². The van der Waals surface area contributed by atoms with Gasteiger partial charge in [-0.05, 0) is 30.3 Å². The van der Waals surface area contributed by atoms with Crippen molar-refractivity contribution in [1.29, 1.82) is 0 Å². The van der Waals surface area contributed by atoms with Crippen molar-refractivity contribution in [3.05, 3.63) is 54.1 Å². The van der Waals surface area contributed by atoms with Gasteiger partial charge < -0.3 is 24.6 Å². The van der Waals surface area contributed by atoms with Crippen molar-refractivity contribution in [3.8, 4) is 11.5 Å². The Balaban J connectivity index is 1.50. The first kappa shape index (κ1) is 19.5. The summed E-state index contributed by atoms with van der Waals surface area (Å²) in [5.74, 6) is 0.403. The molecular weight excluding hydrogens is 358 g/mol. The summed E-state index contributed by atoms with van der Waals surface area (Å²) in [5.41, 5.74) is 1.91. The monoisotopic (exact) mass is 383 g/mol. The maximum Gasteiger partial charge on any atom is 0.312 e. The second-order valence-corrected chi connectivity index (χ2v) is 6.47. The van der Waals surface area contributed by atoms with Crippen LogP contribution in [0.4, 0.5) is 5.69 Å². The number of rotatable bonds is 5. The molecule has 148 valence electrons. The average Bonchev–Trinajstić information content (AvgIpc) is 2.77. The maximum atomic E-state index is 12.4. The highest BCUT2D eigenvalue weighted by molar-refractivity contribution is 6.35. The van der Waals surface area contributed by atoms with E-state index in [1.807, 2.05) is 48.5 Å². The Morgan fingerprint density at radius 1 is 0.929 bits per heavy atom. The summed E-state index contributed by atoms with van der Waals surface area (Å²) >= 11 is 0. The molecule has 1 aliphatic heterocycles. The number of hydrogen-bond acceptors (Lipinski definition) is 5. The molecule has 3 rings (SSSR count). The fourth-order valence-corrected chi connectivity index (χ4v) is 3.20. The fraction of sp³-hybridized carbons (Fsp3) is 0.333. The molecule has 1 heterocycles. The van der Waals surface area contributed by atoms with Crippen LogP contribution in [0.1, 0.15) is 5.56 Å². The number of carbonyl (C=O) groups excluding carboxylic acids is 2. The van der Waals surface area contributed by atoms with E-state index in [2.05, 4.69) is 10.2 Å². The number of ether oxygens (including phenoxy) is 2. The molecule has 28 heavy (non-hydrogen) atoms. The van der Waals surface area contributed by atoms with Gasteiger partial charge in [0.2, 0.25) is 0 Å². The van der Waals surface area contributed by atoms with Crippen LogP contribution < -0.4 is 19.7 Å². The lowest BCUT2D eigenvalue weighted by Gasteiger charge is -2.35. The largest absolute Gasteiger partial charge is 0.497 e. The molecule has 0 bridgehead atoms. The van der Waals surface area contributed by atoms with Crippen molar-refractivity contribution in [2.45, 2.75) is 6.54 Å². The minimum absolute atomic E-state index is 0.250. The Hall–Kier alpha value is -3.22. The molecular formula is C21H25N3O4. The summed E-state index contributed by atoms with van der Waals surface area (Å²) in [6.07, 6.45) is 0. The quantitative estimate of drug-likeness (QED) is 0.796. The summed E-state index contributed by atoms with van der Waals surface area (Å²) in [6.45, 7) is 2.62. The van der Waals surface area contributed by atoms with Crippen LogP contribution in [0.25, 0.3) is 0 Å². The standard InChI is InChI=1S/C21H25N3O4/c1-27-18-9-7-17(8-10-18)23-11-13-24(14-12-23)21(26)20(25)22-15-16-5-3-4-6-19(16)28-2/h3-10H,11-15H2,1-2H3,(H,22,25). The van der Waals surface area contributed by atoms with Gasteiger partial charge in [-0.1, -0.05) is 18.2 Å². The van der Waals surface area contributed by atoms with Gasteiger partial charge in [0.15, 0.2) is 0 Å². The van der Waals surface area contributed by atoms with E-state index in [0.29, 0.717) is 31.9 Å². The molecule has 1 fully saturated rings. The molecule has 0 saturated carbocycles. The topological polar surface area (TPSA) is 71.1 Å². The van der Waals surface area contributed by atoms with Gasteiger partial charge in [-0.3, -0.25) is 9.59 Å². The number of nitrogens with one attached hydrogen (secondary N) is 1. The third-order valence-electron chi connectivity index (χ3n) is 4.83. The highest BCUT2D eigenvalue weighted by atomic mass is 16.5. The molecule has 0 unspecified atom stereocenters. The van der Waals surface area contributed by atoms with Gasteiger partial charge in [-0.15, -0.1) is 0 Å². The molecule has 0 spiro atoms. The van der Waals surface area contributed by atoms with E-state index < -0.39 is 11.8 Å². The highest BCUT2D eigenvalue weighted by Gasteiger charge is 2.26. The van der Waals surface area contributed by atoms with Gasteiger partial charge in [0.1, 0.15) is 11.5 Å². The zero-order valence-corrected chi connectivity index (χ0v) is 16.2. The normalized spacial score (nSPS) is 13.8. The Kier molecular flexibility index (Phi) is 6.37. The molecule has 0 atom stereocenters. The average molecular weight is 383 g/mol. The van der Waals surface area contributed by atoms with Crippen LogP contribution in [0.15, 0.2) is 48.5 Å². The van der Waals surface area contributed by atoms with E-state index in [4.69, 9.17) is 9.47 Å². The van der Waals surface area contributed by atoms with Crippen molar-refractivity contribution in [2.24, 2.45) is 0 Å². The van der Waals surface area contributed by atoms with E-state index >= 15 is 0 Å². The first-order valence-corrected chi connectivity index (χ1v) is 9.20. The number of carbonyl (C=O) groups is 2. The number of hydrogen-bond donors (Lipinski definition) is 1. The molecule has 0 aromatic heterocycles. The van der Waals surface area contributed by atoms with Crippen LogP contribution in [0.5, 0.6) is 11.5 Å². The minimum atomic E-state index is -0.594. The molecule has 2 amide bonds. The molecule has 2 aromatic carbocycles. The molecule has 2 aromatic rings. The molecule has 0 aliphatic carbocycles. The van der Waals surface area contributed by atoms with Crippen LogP contribution in [-0.2, 0) is 16.1 Å². The van der Waals surface area contributed by atoms with Gasteiger partial charge in [0, 0.05) is 44.0 Å². The van der Waals surface area contributed by atoms with Crippen molar-refractivity contribution >= 4 is 17.5 Å². The SMILES string of the molecule is COc1ccc(N2CCN(C(=O)C(=O)NCc3ccccc3OC)CC2)cc1. The molecule has 1 aliphatic rings. The van der Waals surface area contributed by atoms with Crippen LogP contribution >= 0.6 is 0 Å². The number of benzene rings is 2. The molecule has 7 nitrogen and oxygen atoms in total. The fourth-order valence-electron chi connectivity index (χ4n) is 3.20. The maximum absolute atomic E-state index is 12.4. The summed E-state index contributed by atoms with van der Waals surface area (Å²) < 4.78 is 10.4. The van der Waals surface area contributed by atoms with Gasteiger partial charge in [0.05, 0.1) is 14.2 Å². The van der Waals surface area contributed by atoms with E-state index in [1.165, 1.54) is 0 Å². The zero-order valence-electron chi connectivity index (χ0n) is 16.2. The predicted molar refractivity (Wildman–Crippen MR) is 107 cm³/mol. The first-order valence-electron chi connectivity index (χ1n) is 9.20. The summed E-state index contributed by atoms with van der Waals surface area (Å²) in [6, 6.07) is 15.2. The second-order valence-electron chi connectivity index (χ2n) is 6.47. The van der Waals surface area contributed by atoms with Crippen molar-refractivity contribution in [3.63, 3.8) is 0 Å². The third-order valence-corrected chi connectivity index (χ3v) is 4.83. The predicted octanol–water partition coefficient (Wildman–Crippen LogP) is 1.67.